The lowest BCUT2D eigenvalue weighted by atomic mass is 10.2. The molecule has 0 bridgehead atoms. The van der Waals surface area contributed by atoms with Gasteiger partial charge in [-0.25, -0.2) is 7.80 Å². The molecule has 0 spiro atoms. The van der Waals surface area contributed by atoms with E-state index < -0.39 is 0 Å². The van der Waals surface area contributed by atoms with Crippen LogP contribution in [-0.2, 0) is 0 Å². The highest BCUT2D eigenvalue weighted by Gasteiger charge is 2.00. The minimum Gasteiger partial charge on any atom is -0.226 e. The summed E-state index contributed by atoms with van der Waals surface area (Å²) in [4.78, 5) is 0. The third-order valence-corrected chi connectivity index (χ3v) is 3.44. The molecule has 0 aliphatic carbocycles. The predicted molar refractivity (Wildman–Crippen MR) is 78.5 cm³/mol. The first kappa shape index (κ1) is 11.4. The number of benzene rings is 2. The van der Waals surface area contributed by atoms with Gasteiger partial charge in [0, 0.05) is 0 Å². The second-order valence-electron chi connectivity index (χ2n) is 3.78. The molecule has 0 heterocycles. The zero-order valence-corrected chi connectivity index (χ0v) is 9.96. The Morgan fingerprint density at radius 1 is 0.688 bits per heavy atom. The largest absolute Gasteiger partial charge is 0.226 e. The molecule has 0 aliphatic rings. The first-order chi connectivity index (χ1) is 7.66. The van der Waals surface area contributed by atoms with Crippen LogP contribution in [0.5, 0.6) is 0 Å². The van der Waals surface area contributed by atoms with Crippen molar-refractivity contribution in [1.82, 2.24) is 0 Å². The SMILES string of the molecule is [BH3-]P(c1ccc(C)cc1)c1ccc(C)cc1. The van der Waals surface area contributed by atoms with E-state index in [-0.39, 0.29) is 7.80 Å². The molecule has 0 amide bonds. The van der Waals surface area contributed by atoms with Crippen molar-refractivity contribution in [2.24, 2.45) is 0 Å². The Bertz CT molecular complexity index is 414. The van der Waals surface area contributed by atoms with E-state index in [2.05, 4.69) is 62.4 Å². The third-order valence-electron chi connectivity index (χ3n) is 2.33. The number of aryl methyl sites for hydroxylation is 2. The minimum absolute atomic E-state index is 0.0544. The highest BCUT2D eigenvalue weighted by atomic mass is 31.1. The van der Waals surface area contributed by atoms with Gasteiger partial charge in [0.1, 0.15) is 0 Å². The van der Waals surface area contributed by atoms with Crippen molar-refractivity contribution in [2.75, 3.05) is 0 Å². The highest BCUT2D eigenvalue weighted by molar-refractivity contribution is 7.94. The fourth-order valence-electron chi connectivity index (χ4n) is 1.39. The van der Waals surface area contributed by atoms with Crippen LogP contribution in [0.1, 0.15) is 11.1 Å². The van der Waals surface area contributed by atoms with Crippen molar-refractivity contribution in [3.63, 3.8) is 0 Å². The van der Waals surface area contributed by atoms with E-state index in [4.69, 9.17) is 0 Å². The first-order valence-electron chi connectivity index (χ1n) is 5.09. The summed E-state index contributed by atoms with van der Waals surface area (Å²) in [5.74, 6) is 0. The van der Waals surface area contributed by atoms with Gasteiger partial charge in [-0.15, -0.1) is 0 Å². The lowest BCUT2D eigenvalue weighted by molar-refractivity contribution is 1.49. The van der Waals surface area contributed by atoms with Crippen LogP contribution in [0, 0.1) is 13.8 Å². The Balaban J connectivity index is 2.28. The Hall–Kier alpha value is -1.07. The van der Waals surface area contributed by atoms with Gasteiger partial charge in [0.2, 0.25) is 0 Å². The van der Waals surface area contributed by atoms with Crippen molar-refractivity contribution in [3.8, 4) is 0 Å². The Morgan fingerprint density at radius 3 is 1.31 bits per heavy atom. The predicted octanol–water partition coefficient (Wildman–Crippen LogP) is 2.02. The van der Waals surface area contributed by atoms with Gasteiger partial charge in [-0.2, -0.15) is 0 Å². The molecule has 0 fully saturated rings. The van der Waals surface area contributed by atoms with Gasteiger partial charge in [-0.1, -0.05) is 70.3 Å². The topological polar surface area (TPSA) is 0 Å². The Morgan fingerprint density at radius 2 is 1.00 bits per heavy atom. The Labute approximate surface area is 99.8 Å². The summed E-state index contributed by atoms with van der Waals surface area (Å²) in [6.07, 6.45) is 0. The Kier molecular flexibility index (Phi) is 3.46. The van der Waals surface area contributed by atoms with E-state index in [0.717, 1.165) is 0 Å². The van der Waals surface area contributed by atoms with Crippen LogP contribution in [0.2, 0.25) is 0 Å². The molecule has 2 heteroatoms. The molecule has 0 atom stereocenters. The molecule has 0 saturated carbocycles. The van der Waals surface area contributed by atoms with Crippen molar-refractivity contribution < 1.29 is 0 Å². The molecule has 0 nitrogen and oxygen atoms in total. The fourth-order valence-corrected chi connectivity index (χ4v) is 2.28. The van der Waals surface area contributed by atoms with Crippen molar-refractivity contribution in [2.45, 2.75) is 13.8 Å². The second kappa shape index (κ2) is 4.85. The van der Waals surface area contributed by atoms with Gasteiger partial charge >= 0.3 is 0 Å². The monoisotopic (exact) mass is 227 g/mol. The average Bonchev–Trinajstić information content (AvgIpc) is 2.30. The van der Waals surface area contributed by atoms with Crippen LogP contribution in [0.3, 0.4) is 0 Å². The van der Waals surface area contributed by atoms with Gasteiger partial charge in [-0.05, 0) is 21.4 Å². The van der Waals surface area contributed by atoms with Crippen molar-refractivity contribution in [3.05, 3.63) is 59.7 Å². The van der Waals surface area contributed by atoms with Crippen LogP contribution in [0.15, 0.2) is 48.5 Å². The summed E-state index contributed by atoms with van der Waals surface area (Å²) < 4.78 is 0. The number of rotatable bonds is 2. The molecule has 16 heavy (non-hydrogen) atoms. The van der Waals surface area contributed by atoms with Gasteiger partial charge < -0.3 is 0 Å². The van der Waals surface area contributed by atoms with Crippen LogP contribution in [0.25, 0.3) is 0 Å². The summed E-state index contributed by atoms with van der Waals surface area (Å²) >= 11 is 0. The van der Waals surface area contributed by atoms with Gasteiger partial charge in [0.25, 0.3) is 0 Å². The lowest BCUT2D eigenvalue weighted by Crippen LogP contribution is -2.11. The maximum Gasteiger partial charge on any atom is -0.0108 e. The van der Waals surface area contributed by atoms with Crippen LogP contribution >= 0.6 is 7.80 Å². The summed E-state index contributed by atoms with van der Waals surface area (Å²) in [5, 5.41) is 3.12. The zero-order chi connectivity index (χ0) is 11.5. The summed E-state index contributed by atoms with van der Waals surface area (Å²) in [6.45, 7) is 4.31. The summed E-state index contributed by atoms with van der Waals surface area (Å²) in [6, 6.07) is 18.2. The van der Waals surface area contributed by atoms with E-state index in [1.807, 2.05) is 0 Å². The minimum atomic E-state index is 0.0544. The van der Waals surface area contributed by atoms with E-state index >= 15 is 0 Å². The van der Waals surface area contributed by atoms with Crippen LogP contribution in [-0.4, -0.2) is 7.57 Å². The number of hydrogen-bond acceptors (Lipinski definition) is 0. The molecule has 2 aromatic carbocycles. The summed E-state index contributed by atoms with van der Waals surface area (Å²) in [5.41, 5.74) is 2.71. The molecular formula is C14H17BP-. The molecule has 0 saturated heterocycles. The summed E-state index contributed by atoms with van der Waals surface area (Å²) in [7, 11) is 0.400. The molecule has 0 radical (unpaired) electrons. The highest BCUT2D eigenvalue weighted by Crippen LogP contribution is 2.27. The maximum absolute atomic E-state index is 2.31. The molecule has 0 unspecified atom stereocenters. The molecule has 2 aromatic rings. The maximum atomic E-state index is 2.31. The zero-order valence-electron chi connectivity index (χ0n) is 9.07. The average molecular weight is 227 g/mol. The fraction of sp³-hybridized carbons (Fsp3) is 0.143. The molecule has 0 aromatic heterocycles. The van der Waals surface area contributed by atoms with Crippen LogP contribution < -0.4 is 10.6 Å². The van der Waals surface area contributed by atoms with Gasteiger partial charge in [0.15, 0.2) is 0 Å². The first-order valence-corrected chi connectivity index (χ1v) is 5.98. The smallest absolute Gasteiger partial charge is 0.0108 e. The van der Waals surface area contributed by atoms with Crippen molar-refractivity contribution >= 4 is 26.0 Å². The third kappa shape index (κ3) is 2.54. The van der Waals surface area contributed by atoms with E-state index in [0.29, 0.717) is 7.57 Å². The van der Waals surface area contributed by atoms with E-state index in [1.54, 1.807) is 10.6 Å². The van der Waals surface area contributed by atoms with Gasteiger partial charge in [-0.3, -0.25) is 0 Å². The molecular weight excluding hydrogens is 210 g/mol. The second-order valence-corrected chi connectivity index (χ2v) is 5.04. The number of hydrogen-bond donors (Lipinski definition) is 0. The standard InChI is InChI=1S/C14H17BP/c1-11-3-7-13(8-4-11)16(15)14-9-5-12(2)6-10-14/h3-10H,1-2,15H3/q-1. The lowest BCUT2D eigenvalue weighted by Gasteiger charge is -2.19. The van der Waals surface area contributed by atoms with Crippen molar-refractivity contribution in [1.29, 1.82) is 0 Å². The van der Waals surface area contributed by atoms with Crippen LogP contribution in [0.4, 0.5) is 0 Å². The molecule has 82 valence electrons. The van der Waals surface area contributed by atoms with E-state index in [1.165, 1.54) is 11.1 Å². The van der Waals surface area contributed by atoms with E-state index in [9.17, 15) is 0 Å². The van der Waals surface area contributed by atoms with Gasteiger partial charge in [0.05, 0.1) is 0 Å². The molecule has 0 aliphatic heterocycles. The normalized spacial score (nSPS) is 10.8. The molecule has 2 rings (SSSR count). The molecule has 0 N–H and O–H groups in total. The quantitative estimate of drug-likeness (QED) is 0.543.